The molecule has 34 heavy (non-hydrogen) atoms. The van der Waals surface area contributed by atoms with Gasteiger partial charge in [0.1, 0.15) is 12.4 Å². The Hall–Kier alpha value is -4.11. The van der Waals surface area contributed by atoms with Crippen LogP contribution >= 0.6 is 11.3 Å². The lowest BCUT2D eigenvalue weighted by molar-refractivity contribution is -0.134. The third-order valence-corrected chi connectivity index (χ3v) is 5.69. The molecule has 9 heteroatoms. The Morgan fingerprint density at radius 1 is 1.03 bits per heavy atom. The molecule has 2 aromatic carbocycles. The Morgan fingerprint density at radius 2 is 1.79 bits per heavy atom. The summed E-state index contributed by atoms with van der Waals surface area (Å²) in [6, 6.07) is 18.4. The molecule has 0 aliphatic heterocycles. The Morgan fingerprint density at radius 3 is 2.44 bits per heavy atom. The fourth-order valence-electron chi connectivity index (χ4n) is 3.33. The molecule has 7 nitrogen and oxygen atoms in total. The summed E-state index contributed by atoms with van der Waals surface area (Å²) < 4.78 is 13.3. The van der Waals surface area contributed by atoms with Crippen LogP contribution in [-0.2, 0) is 22.6 Å². The quantitative estimate of drug-likeness (QED) is 0.399. The number of halogens is 1. The van der Waals surface area contributed by atoms with Gasteiger partial charge in [-0.05, 0) is 42.0 Å². The van der Waals surface area contributed by atoms with E-state index in [1.807, 2.05) is 17.5 Å². The molecule has 4 aromatic rings. The fourth-order valence-corrected chi connectivity index (χ4v) is 3.90. The zero-order valence-corrected chi connectivity index (χ0v) is 19.0. The molecular formula is C25H22FN5O2S. The number of hydrogen-bond donors (Lipinski definition) is 2. The minimum absolute atomic E-state index is 0.0563. The van der Waals surface area contributed by atoms with Crippen LogP contribution in [-0.4, -0.2) is 33.2 Å². The topological polar surface area (TPSA) is 101 Å². The number of thiazole rings is 1. The average Bonchev–Trinajstić information content (AvgIpc) is 3.27. The van der Waals surface area contributed by atoms with Crippen molar-refractivity contribution in [3.8, 4) is 11.3 Å². The number of carbonyl (C=O) groups is 2. The second-order valence-electron chi connectivity index (χ2n) is 7.57. The molecule has 0 fully saturated rings. The maximum Gasteiger partial charge on any atom is 0.244 e. The van der Waals surface area contributed by atoms with E-state index in [1.165, 1.54) is 28.4 Å². The van der Waals surface area contributed by atoms with E-state index in [1.54, 1.807) is 48.7 Å². The summed E-state index contributed by atoms with van der Waals surface area (Å²) in [5, 5.41) is 5.17. The van der Waals surface area contributed by atoms with Crippen molar-refractivity contribution in [2.24, 2.45) is 0 Å². The third kappa shape index (κ3) is 6.23. The van der Waals surface area contributed by atoms with Crippen LogP contribution in [0, 0.1) is 5.82 Å². The summed E-state index contributed by atoms with van der Waals surface area (Å²) in [7, 11) is 0. The summed E-state index contributed by atoms with van der Waals surface area (Å²) in [5.74, 6) is -0.964. The minimum atomic E-state index is -0.364. The SMILES string of the molecule is Nc1nc(-c2ccc(NC(=O)CN(Cc3ccc(F)cc3)C(=O)Cc3ccccn3)cc2)cs1. The van der Waals surface area contributed by atoms with Crippen molar-refractivity contribution >= 4 is 34.0 Å². The summed E-state index contributed by atoms with van der Waals surface area (Å²) in [6.07, 6.45) is 1.67. The molecule has 0 bridgehead atoms. The summed E-state index contributed by atoms with van der Waals surface area (Å²) in [4.78, 5) is 35.6. The van der Waals surface area contributed by atoms with Crippen LogP contribution in [0.2, 0.25) is 0 Å². The van der Waals surface area contributed by atoms with Crippen molar-refractivity contribution in [3.63, 3.8) is 0 Å². The van der Waals surface area contributed by atoms with Crippen LogP contribution in [0.5, 0.6) is 0 Å². The number of rotatable bonds is 8. The molecule has 0 atom stereocenters. The van der Waals surface area contributed by atoms with E-state index in [4.69, 9.17) is 5.73 Å². The first-order chi connectivity index (χ1) is 16.5. The largest absolute Gasteiger partial charge is 0.375 e. The highest BCUT2D eigenvalue weighted by Gasteiger charge is 2.19. The second-order valence-corrected chi connectivity index (χ2v) is 8.46. The fraction of sp³-hybridized carbons (Fsp3) is 0.120. The predicted molar refractivity (Wildman–Crippen MR) is 130 cm³/mol. The van der Waals surface area contributed by atoms with Crippen molar-refractivity contribution < 1.29 is 14.0 Å². The molecular weight excluding hydrogens is 453 g/mol. The van der Waals surface area contributed by atoms with Gasteiger partial charge in [-0.2, -0.15) is 0 Å². The number of nitrogen functional groups attached to an aromatic ring is 1. The number of carbonyl (C=O) groups excluding carboxylic acids is 2. The van der Waals surface area contributed by atoms with Gasteiger partial charge in [0, 0.05) is 35.1 Å². The first-order valence-corrected chi connectivity index (χ1v) is 11.4. The molecule has 0 aliphatic carbocycles. The van der Waals surface area contributed by atoms with Gasteiger partial charge in [-0.1, -0.05) is 30.3 Å². The summed E-state index contributed by atoms with van der Waals surface area (Å²) in [6.45, 7) is 0.0109. The van der Waals surface area contributed by atoms with Gasteiger partial charge in [0.2, 0.25) is 11.8 Å². The third-order valence-electron chi connectivity index (χ3n) is 5.02. The number of aromatic nitrogens is 2. The maximum absolute atomic E-state index is 13.3. The molecule has 4 rings (SSSR count). The van der Waals surface area contributed by atoms with E-state index in [-0.39, 0.29) is 37.1 Å². The smallest absolute Gasteiger partial charge is 0.244 e. The number of amides is 2. The normalized spacial score (nSPS) is 10.6. The number of anilines is 2. The van der Waals surface area contributed by atoms with Crippen LogP contribution < -0.4 is 11.1 Å². The number of nitrogens with two attached hydrogens (primary N) is 1. The minimum Gasteiger partial charge on any atom is -0.375 e. The van der Waals surface area contributed by atoms with Crippen LogP contribution in [0.25, 0.3) is 11.3 Å². The molecule has 2 heterocycles. The standard InChI is InChI=1S/C25H22FN5O2S/c26-19-8-4-17(5-9-19)14-31(24(33)13-21-3-1-2-12-28-21)15-23(32)29-20-10-6-18(7-11-20)22-16-34-25(27)30-22/h1-12,16H,13-15H2,(H2,27,30)(H,29,32). The molecule has 0 saturated carbocycles. The van der Waals surface area contributed by atoms with Crippen molar-refractivity contribution in [2.75, 3.05) is 17.6 Å². The molecule has 0 spiro atoms. The Bertz CT molecular complexity index is 1260. The van der Waals surface area contributed by atoms with Crippen molar-refractivity contribution in [2.45, 2.75) is 13.0 Å². The van der Waals surface area contributed by atoms with E-state index in [9.17, 15) is 14.0 Å². The van der Waals surface area contributed by atoms with Gasteiger partial charge in [-0.3, -0.25) is 14.6 Å². The molecule has 0 unspecified atom stereocenters. The van der Waals surface area contributed by atoms with Gasteiger partial charge in [-0.25, -0.2) is 9.37 Å². The van der Waals surface area contributed by atoms with Gasteiger partial charge >= 0.3 is 0 Å². The number of pyridine rings is 1. The van der Waals surface area contributed by atoms with E-state index in [2.05, 4.69) is 15.3 Å². The van der Waals surface area contributed by atoms with E-state index in [0.717, 1.165) is 16.8 Å². The first kappa shape index (κ1) is 23.1. The Kier molecular flexibility index (Phi) is 7.24. The monoisotopic (exact) mass is 475 g/mol. The average molecular weight is 476 g/mol. The summed E-state index contributed by atoms with van der Waals surface area (Å²) >= 11 is 1.36. The number of nitrogens with one attached hydrogen (secondary N) is 1. The lowest BCUT2D eigenvalue weighted by atomic mass is 10.1. The van der Waals surface area contributed by atoms with Crippen molar-refractivity contribution in [1.29, 1.82) is 0 Å². The predicted octanol–water partition coefficient (Wildman–Crippen LogP) is 4.14. The van der Waals surface area contributed by atoms with Gasteiger partial charge in [0.25, 0.3) is 0 Å². The molecule has 2 aromatic heterocycles. The van der Waals surface area contributed by atoms with Crippen molar-refractivity contribution in [3.05, 3.63) is 95.4 Å². The first-order valence-electron chi connectivity index (χ1n) is 10.5. The molecule has 0 radical (unpaired) electrons. The van der Waals surface area contributed by atoms with Crippen LogP contribution in [0.4, 0.5) is 15.2 Å². The molecule has 172 valence electrons. The lowest BCUT2D eigenvalue weighted by Gasteiger charge is -2.22. The second kappa shape index (κ2) is 10.7. The Labute approximate surface area is 200 Å². The maximum atomic E-state index is 13.3. The zero-order valence-electron chi connectivity index (χ0n) is 18.1. The van der Waals surface area contributed by atoms with Gasteiger partial charge in [0.05, 0.1) is 12.1 Å². The van der Waals surface area contributed by atoms with Gasteiger partial charge in [0.15, 0.2) is 5.13 Å². The number of nitrogens with zero attached hydrogens (tertiary/aromatic N) is 3. The molecule has 0 aliphatic rings. The van der Waals surface area contributed by atoms with Gasteiger partial charge in [-0.15, -0.1) is 11.3 Å². The zero-order chi connectivity index (χ0) is 23.9. The van der Waals surface area contributed by atoms with Crippen LogP contribution in [0.1, 0.15) is 11.3 Å². The molecule has 2 amide bonds. The highest BCUT2D eigenvalue weighted by molar-refractivity contribution is 7.13. The van der Waals surface area contributed by atoms with Crippen LogP contribution in [0.3, 0.4) is 0 Å². The van der Waals surface area contributed by atoms with E-state index in [0.29, 0.717) is 16.5 Å². The molecule has 3 N–H and O–H groups in total. The highest BCUT2D eigenvalue weighted by Crippen LogP contribution is 2.24. The highest BCUT2D eigenvalue weighted by atomic mass is 32.1. The van der Waals surface area contributed by atoms with Gasteiger partial charge < -0.3 is 16.0 Å². The lowest BCUT2D eigenvalue weighted by Crippen LogP contribution is -2.38. The van der Waals surface area contributed by atoms with E-state index >= 15 is 0 Å². The number of hydrogen-bond acceptors (Lipinski definition) is 6. The summed E-state index contributed by atoms with van der Waals surface area (Å²) in [5.41, 5.74) is 9.26. The number of benzene rings is 2. The molecule has 0 saturated heterocycles. The van der Waals surface area contributed by atoms with E-state index < -0.39 is 0 Å². The van der Waals surface area contributed by atoms with Crippen molar-refractivity contribution in [1.82, 2.24) is 14.9 Å². The Balaban J connectivity index is 1.44. The van der Waals surface area contributed by atoms with Crippen LogP contribution in [0.15, 0.2) is 78.3 Å².